The lowest BCUT2D eigenvalue weighted by atomic mass is 10.1. The molecule has 0 radical (unpaired) electrons. The summed E-state index contributed by atoms with van der Waals surface area (Å²) in [5, 5.41) is 7.87. The maximum atomic E-state index is 12.0. The molecule has 0 heterocycles. The number of aryl methyl sites for hydroxylation is 1. The first-order valence-corrected chi connectivity index (χ1v) is 9.48. The topological polar surface area (TPSA) is 98.5 Å². The van der Waals surface area contributed by atoms with Crippen LogP contribution in [-0.2, 0) is 21.2 Å². The highest BCUT2D eigenvalue weighted by Gasteiger charge is 2.12. The number of amides is 1. The van der Waals surface area contributed by atoms with Crippen molar-refractivity contribution in [3.8, 4) is 5.75 Å². The molecule has 0 aliphatic carbocycles. The number of rotatable bonds is 7. The van der Waals surface area contributed by atoms with Gasteiger partial charge in [0, 0.05) is 0 Å². The monoisotopic (exact) mass is 362 g/mol. The summed E-state index contributed by atoms with van der Waals surface area (Å²) in [5.74, 6) is 0.393. The van der Waals surface area contributed by atoms with E-state index in [-0.39, 0.29) is 23.5 Å². The molecule has 1 amide bonds. The lowest BCUT2D eigenvalue weighted by Crippen LogP contribution is -2.31. The third kappa shape index (κ3) is 5.58. The number of carbonyl (C=O) groups is 1. The van der Waals surface area contributed by atoms with Crippen molar-refractivity contribution in [2.24, 2.45) is 5.14 Å². The van der Waals surface area contributed by atoms with Crippen molar-refractivity contribution in [1.29, 1.82) is 0 Å². The quantitative estimate of drug-likeness (QED) is 0.788. The van der Waals surface area contributed by atoms with Crippen LogP contribution < -0.4 is 15.2 Å². The Hall–Kier alpha value is -2.38. The van der Waals surface area contributed by atoms with Gasteiger partial charge in [0.1, 0.15) is 5.75 Å². The number of benzene rings is 2. The van der Waals surface area contributed by atoms with Crippen LogP contribution in [0.25, 0.3) is 0 Å². The molecule has 0 saturated heterocycles. The van der Waals surface area contributed by atoms with Gasteiger partial charge < -0.3 is 10.1 Å². The normalized spacial score (nSPS) is 12.4. The minimum absolute atomic E-state index is 0.0360. The van der Waals surface area contributed by atoms with Gasteiger partial charge in [-0.2, -0.15) is 0 Å². The van der Waals surface area contributed by atoms with Crippen LogP contribution in [0.5, 0.6) is 5.75 Å². The largest absolute Gasteiger partial charge is 0.484 e. The van der Waals surface area contributed by atoms with Gasteiger partial charge in [-0.05, 0) is 48.7 Å². The first-order chi connectivity index (χ1) is 11.8. The van der Waals surface area contributed by atoms with E-state index in [2.05, 4.69) is 12.2 Å². The fraction of sp³-hybridized carbons (Fsp3) is 0.278. The third-order valence-corrected chi connectivity index (χ3v) is 4.69. The fourth-order valence-electron chi connectivity index (χ4n) is 2.32. The molecular weight excluding hydrogens is 340 g/mol. The van der Waals surface area contributed by atoms with Crippen molar-refractivity contribution in [2.75, 3.05) is 6.61 Å². The number of nitrogens with one attached hydrogen (secondary N) is 1. The zero-order chi connectivity index (χ0) is 18.4. The smallest absolute Gasteiger partial charge is 0.258 e. The number of ether oxygens (including phenoxy) is 1. The molecule has 0 aliphatic rings. The second kappa shape index (κ2) is 8.13. The fourth-order valence-corrected chi connectivity index (χ4v) is 2.83. The van der Waals surface area contributed by atoms with E-state index in [9.17, 15) is 13.2 Å². The van der Waals surface area contributed by atoms with Crippen LogP contribution >= 0.6 is 0 Å². The summed E-state index contributed by atoms with van der Waals surface area (Å²) in [6, 6.07) is 13.4. The molecule has 3 N–H and O–H groups in total. The molecule has 6 nitrogen and oxygen atoms in total. The molecule has 2 aromatic rings. The van der Waals surface area contributed by atoms with Crippen molar-refractivity contribution in [3.63, 3.8) is 0 Å². The predicted molar refractivity (Wildman–Crippen MR) is 95.7 cm³/mol. The maximum Gasteiger partial charge on any atom is 0.258 e. The van der Waals surface area contributed by atoms with Gasteiger partial charge >= 0.3 is 0 Å². The number of nitrogens with two attached hydrogens (primary N) is 1. The first-order valence-electron chi connectivity index (χ1n) is 7.93. The Morgan fingerprint density at radius 3 is 2.48 bits per heavy atom. The van der Waals surface area contributed by atoms with Crippen LogP contribution in [0.4, 0.5) is 0 Å². The van der Waals surface area contributed by atoms with E-state index in [1.807, 2.05) is 31.2 Å². The molecule has 0 saturated carbocycles. The van der Waals surface area contributed by atoms with Crippen molar-refractivity contribution < 1.29 is 17.9 Å². The first kappa shape index (κ1) is 19.0. The van der Waals surface area contributed by atoms with Crippen LogP contribution in [-0.4, -0.2) is 20.9 Å². The van der Waals surface area contributed by atoms with E-state index in [1.54, 1.807) is 12.1 Å². The molecule has 1 unspecified atom stereocenters. The van der Waals surface area contributed by atoms with E-state index < -0.39 is 10.0 Å². The molecule has 1 atom stereocenters. The molecule has 7 heteroatoms. The SMILES string of the molecule is CCc1cccc(OCC(=O)NC(C)c2ccc(S(N)(=O)=O)cc2)c1. The van der Waals surface area contributed by atoms with Crippen molar-refractivity contribution in [1.82, 2.24) is 5.32 Å². The molecule has 25 heavy (non-hydrogen) atoms. The Kier molecular flexibility index (Phi) is 6.17. The number of sulfonamides is 1. The number of hydrogen-bond donors (Lipinski definition) is 2. The third-order valence-electron chi connectivity index (χ3n) is 3.76. The lowest BCUT2D eigenvalue weighted by molar-refractivity contribution is -0.123. The van der Waals surface area contributed by atoms with Crippen LogP contribution in [0.3, 0.4) is 0 Å². The van der Waals surface area contributed by atoms with Gasteiger partial charge in [0.2, 0.25) is 10.0 Å². The molecule has 2 rings (SSSR count). The van der Waals surface area contributed by atoms with Gasteiger partial charge in [0.15, 0.2) is 6.61 Å². The summed E-state index contributed by atoms with van der Waals surface area (Å²) < 4.78 is 28.0. The molecule has 0 aromatic heterocycles. The van der Waals surface area contributed by atoms with Gasteiger partial charge in [-0.15, -0.1) is 0 Å². The van der Waals surface area contributed by atoms with E-state index in [0.29, 0.717) is 5.75 Å². The molecule has 0 spiro atoms. The Balaban J connectivity index is 1.91. The van der Waals surface area contributed by atoms with Crippen LogP contribution in [0.15, 0.2) is 53.4 Å². The summed E-state index contributed by atoms with van der Waals surface area (Å²) in [7, 11) is -3.72. The summed E-state index contributed by atoms with van der Waals surface area (Å²) in [5.41, 5.74) is 1.91. The highest BCUT2D eigenvalue weighted by molar-refractivity contribution is 7.89. The summed E-state index contributed by atoms with van der Waals surface area (Å²) in [6.07, 6.45) is 0.898. The van der Waals surface area contributed by atoms with E-state index in [0.717, 1.165) is 17.5 Å². The number of primary sulfonamides is 1. The number of carbonyl (C=O) groups excluding carboxylic acids is 1. The van der Waals surface area contributed by atoms with Gasteiger partial charge in [0.05, 0.1) is 10.9 Å². The van der Waals surface area contributed by atoms with Crippen LogP contribution in [0.1, 0.15) is 31.0 Å². The lowest BCUT2D eigenvalue weighted by Gasteiger charge is -2.15. The molecule has 0 fully saturated rings. The van der Waals surface area contributed by atoms with Crippen molar-refractivity contribution >= 4 is 15.9 Å². The Bertz CT molecular complexity index is 832. The molecule has 0 aliphatic heterocycles. The zero-order valence-electron chi connectivity index (χ0n) is 14.2. The van der Waals surface area contributed by atoms with Gasteiger partial charge in [-0.25, -0.2) is 13.6 Å². The average Bonchev–Trinajstić information content (AvgIpc) is 2.59. The van der Waals surface area contributed by atoms with Gasteiger partial charge in [-0.3, -0.25) is 4.79 Å². The average molecular weight is 362 g/mol. The van der Waals surface area contributed by atoms with Gasteiger partial charge in [-0.1, -0.05) is 31.2 Å². The zero-order valence-corrected chi connectivity index (χ0v) is 15.0. The predicted octanol–water partition coefficient (Wildman–Crippen LogP) is 2.15. The van der Waals surface area contributed by atoms with Crippen LogP contribution in [0, 0.1) is 0 Å². The maximum absolute atomic E-state index is 12.0. The van der Waals surface area contributed by atoms with Crippen molar-refractivity contribution in [2.45, 2.75) is 31.2 Å². The summed E-state index contributed by atoms with van der Waals surface area (Å²) in [6.45, 7) is 3.77. The standard InChI is InChI=1S/C18H22N2O4S/c1-3-14-5-4-6-16(11-14)24-12-18(21)20-13(2)15-7-9-17(10-8-15)25(19,22)23/h4-11,13H,3,12H2,1-2H3,(H,20,21)(H2,19,22,23). The Morgan fingerprint density at radius 1 is 1.20 bits per heavy atom. The minimum Gasteiger partial charge on any atom is -0.484 e. The molecule has 2 aromatic carbocycles. The second-order valence-corrected chi connectivity index (χ2v) is 7.25. The highest BCUT2D eigenvalue weighted by Crippen LogP contribution is 2.16. The molecule has 0 bridgehead atoms. The highest BCUT2D eigenvalue weighted by atomic mass is 32.2. The summed E-state index contributed by atoms with van der Waals surface area (Å²) >= 11 is 0. The molecule has 134 valence electrons. The Morgan fingerprint density at radius 2 is 1.88 bits per heavy atom. The minimum atomic E-state index is -3.72. The second-order valence-electron chi connectivity index (χ2n) is 5.69. The Labute approximate surface area is 148 Å². The van der Waals surface area contributed by atoms with Gasteiger partial charge in [0.25, 0.3) is 5.91 Å². The van der Waals surface area contributed by atoms with Crippen molar-refractivity contribution in [3.05, 3.63) is 59.7 Å². The van der Waals surface area contributed by atoms with E-state index >= 15 is 0 Å². The van der Waals surface area contributed by atoms with E-state index in [1.165, 1.54) is 12.1 Å². The molecular formula is C18H22N2O4S. The van der Waals surface area contributed by atoms with E-state index in [4.69, 9.17) is 9.88 Å². The summed E-state index contributed by atoms with van der Waals surface area (Å²) in [4.78, 5) is 12.1. The number of hydrogen-bond acceptors (Lipinski definition) is 4. The van der Waals surface area contributed by atoms with Crippen LogP contribution in [0.2, 0.25) is 0 Å².